The molecule has 0 saturated carbocycles. The normalized spacial score (nSPS) is 18.4. The van der Waals surface area contributed by atoms with Crippen molar-refractivity contribution in [3.8, 4) is 0 Å². The maximum atomic E-state index is 12.6. The minimum Gasteiger partial charge on any atom is -0.444 e. The van der Waals surface area contributed by atoms with E-state index in [1.165, 1.54) is 5.56 Å². The number of hydrogen-bond acceptors (Lipinski definition) is 10. The summed E-state index contributed by atoms with van der Waals surface area (Å²) >= 11 is 12.7. The lowest BCUT2D eigenvalue weighted by Gasteiger charge is -2.37. The van der Waals surface area contributed by atoms with E-state index >= 15 is 0 Å². The molecule has 2 fully saturated rings. The molecule has 1 N–H and O–H groups in total. The van der Waals surface area contributed by atoms with Crippen molar-refractivity contribution in [2.75, 3.05) is 45.6 Å². The zero-order chi connectivity index (χ0) is 47.6. The van der Waals surface area contributed by atoms with E-state index in [9.17, 15) is 23.1 Å². The summed E-state index contributed by atoms with van der Waals surface area (Å²) in [7, 11) is -3.62. The number of carbonyl (C=O) groups is 2. The summed E-state index contributed by atoms with van der Waals surface area (Å²) in [4.78, 5) is 38.2. The van der Waals surface area contributed by atoms with Crippen LogP contribution in [-0.2, 0) is 23.8 Å². The minimum absolute atomic E-state index is 0. The van der Waals surface area contributed by atoms with Crippen LogP contribution in [0.1, 0.15) is 139 Å². The highest BCUT2D eigenvalue weighted by atomic mass is 35.5. The van der Waals surface area contributed by atoms with Gasteiger partial charge >= 0.3 is 12.2 Å². The Labute approximate surface area is 413 Å². The van der Waals surface area contributed by atoms with Gasteiger partial charge in [0.25, 0.3) is 10.1 Å². The third kappa shape index (κ3) is 13.3. The van der Waals surface area contributed by atoms with Crippen molar-refractivity contribution < 1.29 is 36.8 Å². The third-order valence-corrected chi connectivity index (χ3v) is 13.3. The number of rotatable bonds is 6. The quantitative estimate of drug-likeness (QED) is 0.185. The largest absolute Gasteiger partial charge is 0.444 e. The predicted octanol–water partition coefficient (Wildman–Crippen LogP) is 12.0. The molecule has 2 saturated heterocycles. The predicted molar refractivity (Wildman–Crippen MR) is 273 cm³/mol. The van der Waals surface area contributed by atoms with Crippen molar-refractivity contribution in [3.63, 3.8) is 0 Å². The third-order valence-electron chi connectivity index (χ3n) is 12.3. The molecule has 4 aliphatic rings. The van der Waals surface area contributed by atoms with Gasteiger partial charge in [0.15, 0.2) is 0 Å². The summed E-state index contributed by atoms with van der Waals surface area (Å²) in [6, 6.07) is 19.5. The molecule has 15 heteroatoms. The van der Waals surface area contributed by atoms with Crippen LogP contribution >= 0.6 is 23.2 Å². The van der Waals surface area contributed by atoms with E-state index in [-0.39, 0.29) is 58.0 Å². The Kier molecular flexibility index (Phi) is 17.8. The molecule has 2 amide bonds. The molecule has 2 aliphatic carbocycles. The Morgan fingerprint density at radius 2 is 1.07 bits per heavy atom. The minimum atomic E-state index is -3.62. The molecule has 2 unspecified atom stereocenters. The van der Waals surface area contributed by atoms with Gasteiger partial charge in [-0.2, -0.15) is 8.42 Å². The van der Waals surface area contributed by atoms with Crippen molar-refractivity contribution >= 4 is 68.8 Å². The Morgan fingerprint density at radius 3 is 1.46 bits per heavy atom. The number of carbonyl (C=O) groups excluding carboxylic acids is 2. The van der Waals surface area contributed by atoms with Gasteiger partial charge in [-0.15, -0.1) is 0 Å². The number of hydrogen-bond donors (Lipinski definition) is 1. The van der Waals surface area contributed by atoms with Crippen LogP contribution in [0, 0.1) is 11.8 Å². The highest BCUT2D eigenvalue weighted by Gasteiger charge is 2.38. The van der Waals surface area contributed by atoms with Crippen LogP contribution in [0.2, 0.25) is 10.0 Å². The molecule has 68 heavy (non-hydrogen) atoms. The summed E-state index contributed by atoms with van der Waals surface area (Å²) in [6.07, 6.45) is 11.4. The highest BCUT2D eigenvalue weighted by molar-refractivity contribution is 7.86. The number of nitrogens with zero attached hydrogens (tertiary/aromatic N) is 4. The second-order valence-electron chi connectivity index (χ2n) is 19.4. The fraction of sp³-hybridized carbons (Fsp3) is 0.472. The van der Waals surface area contributed by atoms with Crippen molar-refractivity contribution in [2.24, 2.45) is 11.8 Å². The highest BCUT2D eigenvalue weighted by Crippen LogP contribution is 2.46. The Hall–Kier alpha value is -4.79. The Morgan fingerprint density at radius 1 is 0.676 bits per heavy atom. The second-order valence-corrected chi connectivity index (χ2v) is 22.0. The number of aliphatic hydroxyl groups excluding tert-OH is 1. The molecule has 0 bridgehead atoms. The summed E-state index contributed by atoms with van der Waals surface area (Å²) < 4.78 is 39.7. The van der Waals surface area contributed by atoms with E-state index < -0.39 is 21.3 Å². The summed E-state index contributed by atoms with van der Waals surface area (Å²) in [5, 5.41) is 11.3. The molecule has 4 heterocycles. The number of halogens is 2. The van der Waals surface area contributed by atoms with E-state index in [0.29, 0.717) is 42.1 Å². The van der Waals surface area contributed by atoms with E-state index in [4.69, 9.17) is 46.8 Å². The average Bonchev–Trinajstić information content (AvgIpc) is 3.48. The fourth-order valence-corrected chi connectivity index (χ4v) is 10.2. The zero-order valence-electron chi connectivity index (χ0n) is 38.7. The summed E-state index contributed by atoms with van der Waals surface area (Å²) in [5.74, 6) is 0.584. The number of aliphatic hydroxyl groups is 1. The van der Waals surface area contributed by atoms with Crippen LogP contribution in [0.5, 0.6) is 0 Å². The number of pyridine rings is 2. The van der Waals surface area contributed by atoms with Crippen LogP contribution in [0.3, 0.4) is 0 Å². The first-order chi connectivity index (χ1) is 31.2. The lowest BCUT2D eigenvalue weighted by molar-refractivity contribution is 0.0167. The standard InChI is InChI=1S/C26H31ClN2O5S.C25H29ClN2O3.2CH4/c1-26(2,3)34-25(30)29-12-9-17(10-13-29)23-21-8-7-20(27)15-18(21)14-19(16-33-35(4,31)32)22-6-5-11-28-24(22)23;1-25(2,3)31-24(30)28-11-8-16(9-12-28)22-20-7-6-19(26)14-17(20)13-18(15-29)21-5-4-10-27-23(21)22;;/h5-8,11,14-15,17,23H,9-10,12-13,16H2,1-4H3;4-7,10,13-14,16,22,29H,8-9,11-12,15H2,1-3H3;2*1H4. The van der Waals surface area contributed by atoms with E-state index in [1.54, 1.807) is 16.0 Å². The van der Waals surface area contributed by atoms with E-state index in [1.807, 2.05) is 114 Å². The maximum Gasteiger partial charge on any atom is 0.410 e. The van der Waals surface area contributed by atoms with Crippen LogP contribution in [0.15, 0.2) is 73.1 Å². The molecule has 12 nitrogen and oxygen atoms in total. The number of likely N-dealkylation sites (tertiary alicyclic amines) is 2. The number of fused-ring (bicyclic) bond motifs is 4. The van der Waals surface area contributed by atoms with Gasteiger partial charge in [0.05, 0.1) is 30.9 Å². The first-order valence-electron chi connectivity index (χ1n) is 22.5. The van der Waals surface area contributed by atoms with Gasteiger partial charge in [-0.3, -0.25) is 14.2 Å². The topological polar surface area (TPSA) is 148 Å². The number of benzene rings is 2. The first kappa shape index (κ1) is 54.2. The zero-order valence-corrected chi connectivity index (χ0v) is 41.0. The first-order valence-corrected chi connectivity index (χ1v) is 25.1. The lowest BCUT2D eigenvalue weighted by atomic mass is 9.76. The van der Waals surface area contributed by atoms with Crippen LogP contribution < -0.4 is 0 Å². The fourth-order valence-electron chi connectivity index (χ4n) is 9.47. The Bertz CT molecular complexity index is 2610. The van der Waals surface area contributed by atoms with Crippen LogP contribution in [0.25, 0.3) is 23.3 Å². The van der Waals surface area contributed by atoms with Gasteiger partial charge in [-0.05, 0) is 161 Å². The van der Waals surface area contributed by atoms with Gasteiger partial charge < -0.3 is 24.4 Å². The summed E-state index contributed by atoms with van der Waals surface area (Å²) in [5.41, 5.74) is 8.46. The molecule has 4 aromatic rings. The van der Waals surface area contributed by atoms with E-state index in [0.717, 1.165) is 82.3 Å². The van der Waals surface area contributed by atoms with Gasteiger partial charge in [0, 0.05) is 71.6 Å². The SMILES string of the molecule is C.C.CC(C)(C)OC(=O)N1CCC(C2c3ccc(Cl)cc3C=C(CO)c3cccnc32)CC1.CC(C)(C)OC(=O)N1CCC(C2c3ccc(Cl)cc3C=C(COS(C)(=O)=O)c3cccnc32)CC1. The van der Waals surface area contributed by atoms with E-state index in [2.05, 4.69) is 6.07 Å². The smallest absolute Gasteiger partial charge is 0.410 e. The Balaban J connectivity index is 0.000000248. The van der Waals surface area contributed by atoms with Crippen LogP contribution in [0.4, 0.5) is 9.59 Å². The molecule has 2 aliphatic heterocycles. The number of ether oxygens (including phenoxy) is 2. The van der Waals surface area contributed by atoms with Gasteiger partial charge in [0.1, 0.15) is 11.2 Å². The monoisotopic (exact) mass is 990 g/mol. The molecular weight excluding hydrogens is 924 g/mol. The van der Waals surface area contributed by atoms with Crippen molar-refractivity contribution in [1.82, 2.24) is 19.8 Å². The van der Waals surface area contributed by atoms with Crippen molar-refractivity contribution in [1.29, 1.82) is 0 Å². The molecule has 2 aromatic heterocycles. The molecule has 2 atom stereocenters. The molecule has 0 spiro atoms. The second kappa shape index (κ2) is 22.3. The number of aromatic nitrogens is 2. The van der Waals surface area contributed by atoms with Gasteiger partial charge in [0.2, 0.25) is 0 Å². The molecular formula is C53H68Cl2N4O8S. The van der Waals surface area contributed by atoms with Crippen molar-refractivity contribution in [2.45, 2.75) is 105 Å². The van der Waals surface area contributed by atoms with Crippen LogP contribution in [-0.4, -0.2) is 102 Å². The lowest BCUT2D eigenvalue weighted by Crippen LogP contribution is -2.42. The number of amides is 2. The summed E-state index contributed by atoms with van der Waals surface area (Å²) in [6.45, 7) is 13.6. The van der Waals surface area contributed by atoms with Gasteiger partial charge in [-0.1, -0.05) is 62.3 Å². The average molecular weight is 992 g/mol. The molecule has 368 valence electrons. The molecule has 8 rings (SSSR count). The number of piperidine rings is 2. The van der Waals surface area contributed by atoms with Gasteiger partial charge in [-0.25, -0.2) is 9.59 Å². The maximum absolute atomic E-state index is 12.6. The molecule has 2 aromatic carbocycles. The molecule has 0 radical (unpaired) electrons. The van der Waals surface area contributed by atoms with Crippen molar-refractivity contribution in [3.05, 3.63) is 128 Å².